The molecule has 1 heterocycles. The molecule has 1 N–H and O–H groups in total. The SMILES string of the molecule is CNc1nccc(N(C)Cc2ccc(OC)cc2)n1. The predicted octanol–water partition coefficient (Wildman–Crippen LogP) is 2.16. The van der Waals surface area contributed by atoms with Crippen LogP contribution in [-0.4, -0.2) is 31.2 Å². The van der Waals surface area contributed by atoms with Gasteiger partial charge in [0.2, 0.25) is 5.95 Å². The molecular formula is C14H18N4O. The van der Waals surface area contributed by atoms with Gasteiger partial charge in [-0.2, -0.15) is 4.98 Å². The van der Waals surface area contributed by atoms with Crippen molar-refractivity contribution in [3.8, 4) is 5.75 Å². The van der Waals surface area contributed by atoms with E-state index in [2.05, 4.69) is 32.3 Å². The van der Waals surface area contributed by atoms with Crippen molar-refractivity contribution in [2.75, 3.05) is 31.4 Å². The minimum Gasteiger partial charge on any atom is -0.497 e. The zero-order valence-electron chi connectivity index (χ0n) is 11.4. The maximum absolute atomic E-state index is 5.15. The van der Waals surface area contributed by atoms with Gasteiger partial charge in [-0.05, 0) is 23.8 Å². The van der Waals surface area contributed by atoms with E-state index in [1.807, 2.05) is 32.3 Å². The molecule has 0 saturated heterocycles. The summed E-state index contributed by atoms with van der Waals surface area (Å²) in [5, 5.41) is 2.94. The van der Waals surface area contributed by atoms with E-state index in [9.17, 15) is 0 Å². The lowest BCUT2D eigenvalue weighted by molar-refractivity contribution is 0.414. The summed E-state index contributed by atoms with van der Waals surface area (Å²) in [7, 11) is 5.48. The van der Waals surface area contributed by atoms with Gasteiger partial charge in [-0.3, -0.25) is 0 Å². The number of aromatic nitrogens is 2. The second-order valence-corrected chi connectivity index (χ2v) is 4.19. The van der Waals surface area contributed by atoms with Crippen LogP contribution in [0, 0.1) is 0 Å². The Morgan fingerprint density at radius 2 is 1.95 bits per heavy atom. The minimum atomic E-state index is 0.624. The van der Waals surface area contributed by atoms with Crippen molar-refractivity contribution in [2.24, 2.45) is 0 Å². The summed E-state index contributed by atoms with van der Waals surface area (Å²) in [6.45, 7) is 0.782. The summed E-state index contributed by atoms with van der Waals surface area (Å²) in [6.07, 6.45) is 1.75. The number of ether oxygens (including phenoxy) is 1. The summed E-state index contributed by atoms with van der Waals surface area (Å²) >= 11 is 0. The Bertz CT molecular complexity index is 527. The summed E-state index contributed by atoms with van der Waals surface area (Å²) in [4.78, 5) is 10.6. The third kappa shape index (κ3) is 3.34. The smallest absolute Gasteiger partial charge is 0.224 e. The molecule has 5 heteroatoms. The van der Waals surface area contributed by atoms with E-state index in [1.54, 1.807) is 13.3 Å². The molecule has 0 amide bonds. The van der Waals surface area contributed by atoms with Crippen molar-refractivity contribution in [1.82, 2.24) is 9.97 Å². The molecule has 0 fully saturated rings. The van der Waals surface area contributed by atoms with E-state index in [-0.39, 0.29) is 0 Å². The van der Waals surface area contributed by atoms with Crippen LogP contribution < -0.4 is 15.0 Å². The van der Waals surface area contributed by atoms with E-state index in [1.165, 1.54) is 5.56 Å². The molecule has 0 aliphatic carbocycles. The van der Waals surface area contributed by atoms with E-state index in [4.69, 9.17) is 4.74 Å². The van der Waals surface area contributed by atoms with E-state index < -0.39 is 0 Å². The third-order valence-corrected chi connectivity index (χ3v) is 2.83. The average Bonchev–Trinajstić information content (AvgIpc) is 2.48. The highest BCUT2D eigenvalue weighted by Gasteiger charge is 2.05. The molecule has 2 rings (SSSR count). The fraction of sp³-hybridized carbons (Fsp3) is 0.286. The zero-order chi connectivity index (χ0) is 13.7. The molecule has 0 atom stereocenters. The largest absolute Gasteiger partial charge is 0.497 e. The van der Waals surface area contributed by atoms with Crippen LogP contribution in [0.3, 0.4) is 0 Å². The normalized spacial score (nSPS) is 10.1. The second-order valence-electron chi connectivity index (χ2n) is 4.19. The maximum Gasteiger partial charge on any atom is 0.224 e. The van der Waals surface area contributed by atoms with Gasteiger partial charge in [-0.25, -0.2) is 4.98 Å². The fourth-order valence-corrected chi connectivity index (χ4v) is 1.77. The number of rotatable bonds is 5. The number of nitrogens with one attached hydrogen (secondary N) is 1. The summed E-state index contributed by atoms with van der Waals surface area (Å²) in [5.41, 5.74) is 1.20. The predicted molar refractivity (Wildman–Crippen MR) is 76.7 cm³/mol. The molecular weight excluding hydrogens is 240 g/mol. The van der Waals surface area contributed by atoms with Gasteiger partial charge in [0.05, 0.1) is 7.11 Å². The van der Waals surface area contributed by atoms with Crippen molar-refractivity contribution in [1.29, 1.82) is 0 Å². The molecule has 1 aromatic heterocycles. The van der Waals surface area contributed by atoms with Gasteiger partial charge in [0.1, 0.15) is 11.6 Å². The van der Waals surface area contributed by atoms with Crippen LogP contribution in [0.4, 0.5) is 11.8 Å². The first-order valence-electron chi connectivity index (χ1n) is 6.08. The van der Waals surface area contributed by atoms with Crippen molar-refractivity contribution in [3.05, 3.63) is 42.1 Å². The van der Waals surface area contributed by atoms with Crippen molar-refractivity contribution in [3.63, 3.8) is 0 Å². The van der Waals surface area contributed by atoms with Gasteiger partial charge in [0, 0.05) is 26.8 Å². The molecule has 100 valence electrons. The van der Waals surface area contributed by atoms with Crippen molar-refractivity contribution in [2.45, 2.75) is 6.54 Å². The van der Waals surface area contributed by atoms with Crippen LogP contribution in [0.2, 0.25) is 0 Å². The van der Waals surface area contributed by atoms with Crippen LogP contribution in [0.5, 0.6) is 5.75 Å². The van der Waals surface area contributed by atoms with Crippen LogP contribution in [-0.2, 0) is 6.54 Å². The molecule has 0 aliphatic heterocycles. The number of methoxy groups -OCH3 is 1. The van der Waals surface area contributed by atoms with Gasteiger partial charge in [0.15, 0.2) is 0 Å². The lowest BCUT2D eigenvalue weighted by Crippen LogP contribution is -2.18. The molecule has 2 aromatic rings. The Morgan fingerprint density at radius 1 is 1.21 bits per heavy atom. The van der Waals surface area contributed by atoms with Gasteiger partial charge < -0.3 is 15.0 Å². The average molecular weight is 258 g/mol. The first-order chi connectivity index (χ1) is 9.22. The van der Waals surface area contributed by atoms with Gasteiger partial charge >= 0.3 is 0 Å². The first kappa shape index (κ1) is 13.1. The third-order valence-electron chi connectivity index (χ3n) is 2.83. The molecule has 0 spiro atoms. The quantitative estimate of drug-likeness (QED) is 0.890. The fourth-order valence-electron chi connectivity index (χ4n) is 1.77. The molecule has 19 heavy (non-hydrogen) atoms. The highest BCUT2D eigenvalue weighted by molar-refractivity contribution is 5.42. The highest BCUT2D eigenvalue weighted by Crippen LogP contribution is 2.16. The van der Waals surface area contributed by atoms with Gasteiger partial charge in [0.25, 0.3) is 0 Å². The molecule has 0 saturated carbocycles. The molecule has 0 radical (unpaired) electrons. The zero-order valence-corrected chi connectivity index (χ0v) is 11.4. The monoisotopic (exact) mass is 258 g/mol. The van der Waals surface area contributed by atoms with E-state index in [0.29, 0.717) is 5.95 Å². The maximum atomic E-state index is 5.15. The Balaban J connectivity index is 2.08. The molecule has 1 aromatic carbocycles. The standard InChI is InChI=1S/C14H18N4O/c1-15-14-16-9-8-13(17-14)18(2)10-11-4-6-12(19-3)7-5-11/h4-9H,10H2,1-3H3,(H,15,16,17). The Labute approximate surface area is 113 Å². The van der Waals surface area contributed by atoms with Crippen molar-refractivity contribution >= 4 is 11.8 Å². The number of nitrogens with zero attached hydrogens (tertiary/aromatic N) is 3. The molecule has 5 nitrogen and oxygen atoms in total. The van der Waals surface area contributed by atoms with Crippen LogP contribution in [0.15, 0.2) is 36.5 Å². The topological polar surface area (TPSA) is 50.3 Å². The van der Waals surface area contributed by atoms with Crippen molar-refractivity contribution < 1.29 is 4.74 Å². The summed E-state index contributed by atoms with van der Waals surface area (Å²) in [5.74, 6) is 2.38. The summed E-state index contributed by atoms with van der Waals surface area (Å²) < 4.78 is 5.15. The Kier molecular flexibility index (Phi) is 4.18. The highest BCUT2D eigenvalue weighted by atomic mass is 16.5. The van der Waals surface area contributed by atoms with E-state index >= 15 is 0 Å². The molecule has 0 unspecified atom stereocenters. The number of anilines is 2. The van der Waals surface area contributed by atoms with E-state index in [0.717, 1.165) is 18.1 Å². The van der Waals surface area contributed by atoms with Crippen LogP contribution >= 0.6 is 0 Å². The molecule has 0 bridgehead atoms. The Morgan fingerprint density at radius 3 is 2.58 bits per heavy atom. The molecule has 0 aliphatic rings. The second kappa shape index (κ2) is 6.04. The number of hydrogen-bond acceptors (Lipinski definition) is 5. The van der Waals surface area contributed by atoms with Gasteiger partial charge in [-0.15, -0.1) is 0 Å². The minimum absolute atomic E-state index is 0.624. The van der Waals surface area contributed by atoms with Gasteiger partial charge in [-0.1, -0.05) is 12.1 Å². The number of benzene rings is 1. The summed E-state index contributed by atoms with van der Waals surface area (Å²) in [6, 6.07) is 9.92. The number of hydrogen-bond donors (Lipinski definition) is 1. The lowest BCUT2D eigenvalue weighted by Gasteiger charge is -2.18. The van der Waals surface area contributed by atoms with Crippen LogP contribution in [0.25, 0.3) is 0 Å². The van der Waals surface area contributed by atoms with Crippen LogP contribution in [0.1, 0.15) is 5.56 Å². The lowest BCUT2D eigenvalue weighted by atomic mass is 10.2. The first-order valence-corrected chi connectivity index (χ1v) is 6.08. The Hall–Kier alpha value is -2.30.